The molecule has 0 aliphatic heterocycles. The van der Waals surface area contributed by atoms with Gasteiger partial charge in [-0.25, -0.2) is 4.39 Å². The minimum atomic E-state index is -0.266. The Labute approximate surface area is 126 Å². The fraction of sp³-hybridized carbons (Fsp3) is 0.267. The smallest absolute Gasteiger partial charge is 0.315 e. The fourth-order valence-electron chi connectivity index (χ4n) is 2.12. The normalized spacial score (nSPS) is 10.8. The number of hydrogen-bond acceptors (Lipinski definition) is 5. The first-order chi connectivity index (χ1) is 10.8. The van der Waals surface area contributed by atoms with Crippen molar-refractivity contribution in [2.24, 2.45) is 0 Å². The molecule has 2 N–H and O–H groups in total. The lowest BCUT2D eigenvalue weighted by Gasteiger charge is -2.03. The summed E-state index contributed by atoms with van der Waals surface area (Å²) in [6, 6.07) is 6.64. The van der Waals surface area contributed by atoms with Gasteiger partial charge >= 0.3 is 6.01 Å². The highest BCUT2D eigenvalue weighted by molar-refractivity contribution is 5.62. The van der Waals surface area contributed by atoms with Gasteiger partial charge in [0.15, 0.2) is 0 Å². The van der Waals surface area contributed by atoms with Gasteiger partial charge in [-0.3, -0.25) is 5.10 Å². The summed E-state index contributed by atoms with van der Waals surface area (Å²) in [6.45, 7) is 2.54. The molecule has 6 nitrogen and oxygen atoms in total. The van der Waals surface area contributed by atoms with E-state index in [1.807, 2.05) is 0 Å². The van der Waals surface area contributed by atoms with Crippen molar-refractivity contribution in [3.05, 3.63) is 47.7 Å². The van der Waals surface area contributed by atoms with Crippen LogP contribution in [-0.4, -0.2) is 20.4 Å². The summed E-state index contributed by atoms with van der Waals surface area (Å²) in [4.78, 5) is 0. The standard InChI is InChI=1S/C15H16FN5O/c1-2-3-13-19-21-15(22-13)17-8-11-9-18-20-14(11)10-4-6-12(16)7-5-10/h4-7,9H,2-3,8H2,1H3,(H,17,21)(H,18,20). The molecule has 3 aromatic rings. The van der Waals surface area contributed by atoms with Crippen molar-refractivity contribution in [3.63, 3.8) is 0 Å². The first-order valence-electron chi connectivity index (χ1n) is 7.10. The lowest BCUT2D eigenvalue weighted by atomic mass is 10.1. The first-order valence-corrected chi connectivity index (χ1v) is 7.10. The number of halogens is 1. The number of hydrogen-bond donors (Lipinski definition) is 2. The Hall–Kier alpha value is -2.70. The third-order valence-electron chi connectivity index (χ3n) is 3.21. The summed E-state index contributed by atoms with van der Waals surface area (Å²) in [5.41, 5.74) is 2.63. The summed E-state index contributed by atoms with van der Waals surface area (Å²) in [5, 5.41) is 17.9. The highest BCUT2D eigenvalue weighted by atomic mass is 19.1. The van der Waals surface area contributed by atoms with Crippen LogP contribution in [0.3, 0.4) is 0 Å². The van der Waals surface area contributed by atoms with Crippen molar-refractivity contribution in [3.8, 4) is 11.3 Å². The highest BCUT2D eigenvalue weighted by Crippen LogP contribution is 2.22. The van der Waals surface area contributed by atoms with E-state index in [0.717, 1.165) is 29.7 Å². The number of anilines is 1. The molecule has 0 spiro atoms. The van der Waals surface area contributed by atoms with Gasteiger partial charge in [0.2, 0.25) is 5.89 Å². The Balaban J connectivity index is 1.70. The molecule has 0 fully saturated rings. The van der Waals surface area contributed by atoms with E-state index in [-0.39, 0.29) is 5.82 Å². The number of benzene rings is 1. The average molecular weight is 301 g/mol. The van der Waals surface area contributed by atoms with Crippen LogP contribution in [0.25, 0.3) is 11.3 Å². The van der Waals surface area contributed by atoms with Crippen LogP contribution in [0.5, 0.6) is 0 Å². The van der Waals surface area contributed by atoms with Crippen LogP contribution in [-0.2, 0) is 13.0 Å². The summed E-state index contributed by atoms with van der Waals surface area (Å²) >= 11 is 0. The lowest BCUT2D eigenvalue weighted by molar-refractivity contribution is 0.501. The molecule has 2 aromatic heterocycles. The second-order valence-electron chi connectivity index (χ2n) is 4.88. The maximum atomic E-state index is 13.0. The summed E-state index contributed by atoms with van der Waals surface area (Å²) in [6.07, 6.45) is 3.44. The fourth-order valence-corrected chi connectivity index (χ4v) is 2.12. The van der Waals surface area contributed by atoms with Gasteiger partial charge in [0.25, 0.3) is 0 Å². The summed E-state index contributed by atoms with van der Waals surface area (Å²) in [7, 11) is 0. The van der Waals surface area contributed by atoms with Crippen LogP contribution in [0.1, 0.15) is 24.8 Å². The highest BCUT2D eigenvalue weighted by Gasteiger charge is 2.10. The first kappa shape index (κ1) is 14.2. The zero-order chi connectivity index (χ0) is 15.4. The Bertz CT molecular complexity index is 734. The van der Waals surface area contributed by atoms with Gasteiger partial charge in [-0.15, -0.1) is 5.10 Å². The van der Waals surface area contributed by atoms with Gasteiger partial charge in [-0.1, -0.05) is 12.0 Å². The quantitative estimate of drug-likeness (QED) is 0.731. The van der Waals surface area contributed by atoms with Crippen LogP contribution in [0.15, 0.2) is 34.9 Å². The number of aromatic nitrogens is 4. The third-order valence-corrected chi connectivity index (χ3v) is 3.21. The van der Waals surface area contributed by atoms with E-state index in [9.17, 15) is 4.39 Å². The molecule has 1 aromatic carbocycles. The zero-order valence-electron chi connectivity index (χ0n) is 12.1. The Morgan fingerprint density at radius 2 is 2.05 bits per heavy atom. The van der Waals surface area contributed by atoms with Gasteiger partial charge in [0.1, 0.15) is 5.82 Å². The number of H-pyrrole nitrogens is 1. The molecule has 114 valence electrons. The molecule has 0 radical (unpaired) electrons. The Morgan fingerprint density at radius 1 is 1.23 bits per heavy atom. The van der Waals surface area contributed by atoms with E-state index in [2.05, 4.69) is 32.6 Å². The van der Waals surface area contributed by atoms with Crippen LogP contribution >= 0.6 is 0 Å². The van der Waals surface area contributed by atoms with E-state index >= 15 is 0 Å². The molecule has 3 rings (SSSR count). The molecule has 0 saturated heterocycles. The molecule has 0 aliphatic rings. The monoisotopic (exact) mass is 301 g/mol. The molecular formula is C15H16FN5O. The van der Waals surface area contributed by atoms with Crippen LogP contribution < -0.4 is 5.32 Å². The van der Waals surface area contributed by atoms with Crippen molar-refractivity contribution in [2.75, 3.05) is 5.32 Å². The number of nitrogens with zero attached hydrogens (tertiary/aromatic N) is 3. The molecule has 0 amide bonds. The molecule has 0 saturated carbocycles. The number of nitrogens with one attached hydrogen (secondary N) is 2. The second kappa shape index (κ2) is 6.38. The van der Waals surface area contributed by atoms with E-state index < -0.39 is 0 Å². The van der Waals surface area contributed by atoms with E-state index in [0.29, 0.717) is 18.5 Å². The predicted molar refractivity (Wildman–Crippen MR) is 79.6 cm³/mol. The van der Waals surface area contributed by atoms with E-state index in [1.165, 1.54) is 12.1 Å². The molecule has 0 bridgehead atoms. The van der Waals surface area contributed by atoms with Crippen molar-refractivity contribution >= 4 is 6.01 Å². The summed E-state index contributed by atoms with van der Waals surface area (Å²) < 4.78 is 18.5. The molecular weight excluding hydrogens is 285 g/mol. The largest absolute Gasteiger partial charge is 0.408 e. The minimum Gasteiger partial charge on any atom is -0.408 e. The molecule has 2 heterocycles. The van der Waals surface area contributed by atoms with E-state index in [1.54, 1.807) is 18.3 Å². The van der Waals surface area contributed by atoms with Crippen molar-refractivity contribution in [2.45, 2.75) is 26.3 Å². The minimum absolute atomic E-state index is 0.266. The third kappa shape index (κ3) is 3.13. The van der Waals surface area contributed by atoms with Crippen LogP contribution in [0.2, 0.25) is 0 Å². The van der Waals surface area contributed by atoms with Gasteiger partial charge in [0, 0.05) is 24.1 Å². The second-order valence-corrected chi connectivity index (χ2v) is 4.88. The maximum absolute atomic E-state index is 13.0. The van der Waals surface area contributed by atoms with Crippen molar-refractivity contribution in [1.29, 1.82) is 0 Å². The van der Waals surface area contributed by atoms with Gasteiger partial charge in [-0.2, -0.15) is 5.10 Å². The molecule has 22 heavy (non-hydrogen) atoms. The molecule has 7 heteroatoms. The van der Waals surface area contributed by atoms with Gasteiger partial charge in [0.05, 0.1) is 11.9 Å². The van der Waals surface area contributed by atoms with Crippen LogP contribution in [0.4, 0.5) is 10.4 Å². The number of aryl methyl sites for hydroxylation is 1. The van der Waals surface area contributed by atoms with E-state index in [4.69, 9.17) is 4.42 Å². The number of aromatic amines is 1. The van der Waals surface area contributed by atoms with Gasteiger partial charge in [-0.05, 0) is 30.7 Å². The lowest BCUT2D eigenvalue weighted by Crippen LogP contribution is -2.00. The summed E-state index contributed by atoms with van der Waals surface area (Å²) in [5.74, 6) is 0.355. The SMILES string of the molecule is CCCc1nnc(NCc2cn[nH]c2-c2ccc(F)cc2)o1. The Kier molecular flexibility index (Phi) is 4.13. The number of rotatable bonds is 6. The van der Waals surface area contributed by atoms with Gasteiger partial charge < -0.3 is 9.73 Å². The molecule has 0 aliphatic carbocycles. The van der Waals surface area contributed by atoms with Crippen LogP contribution in [0, 0.1) is 5.82 Å². The molecule has 0 unspecified atom stereocenters. The average Bonchev–Trinajstić information content (AvgIpc) is 3.15. The topological polar surface area (TPSA) is 79.6 Å². The van der Waals surface area contributed by atoms with Crippen molar-refractivity contribution in [1.82, 2.24) is 20.4 Å². The predicted octanol–water partition coefficient (Wildman–Crippen LogP) is 3.16. The Morgan fingerprint density at radius 3 is 2.82 bits per heavy atom. The van der Waals surface area contributed by atoms with Crippen molar-refractivity contribution < 1.29 is 8.81 Å². The maximum Gasteiger partial charge on any atom is 0.315 e. The zero-order valence-corrected chi connectivity index (χ0v) is 12.1. The molecule has 0 atom stereocenters.